The van der Waals surface area contributed by atoms with Gasteiger partial charge in [-0.1, -0.05) is 33.6 Å². The third-order valence-electron chi connectivity index (χ3n) is 4.84. The van der Waals surface area contributed by atoms with E-state index in [2.05, 4.69) is 25.8 Å². The van der Waals surface area contributed by atoms with Gasteiger partial charge in [-0.2, -0.15) is 0 Å². The quantitative estimate of drug-likeness (QED) is 0.909. The summed E-state index contributed by atoms with van der Waals surface area (Å²) in [5.41, 5.74) is 0.0931. The van der Waals surface area contributed by atoms with Gasteiger partial charge in [0.15, 0.2) is 0 Å². The molecule has 1 aliphatic carbocycles. The monoisotopic (exact) mass is 322 g/mol. The van der Waals surface area contributed by atoms with E-state index in [0.29, 0.717) is 12.2 Å². The summed E-state index contributed by atoms with van der Waals surface area (Å²) in [6, 6.07) is -0.678. The molecule has 0 radical (unpaired) electrons. The van der Waals surface area contributed by atoms with Crippen molar-refractivity contribution in [2.75, 3.05) is 6.54 Å². The average Bonchev–Trinajstić information content (AvgIpc) is 3.04. The van der Waals surface area contributed by atoms with Gasteiger partial charge in [0, 0.05) is 22.8 Å². The van der Waals surface area contributed by atoms with Crippen LogP contribution >= 0.6 is 11.3 Å². The van der Waals surface area contributed by atoms with Crippen molar-refractivity contribution in [3.63, 3.8) is 0 Å². The Labute approximate surface area is 134 Å². The van der Waals surface area contributed by atoms with Gasteiger partial charge in [-0.15, -0.1) is 11.3 Å². The summed E-state index contributed by atoms with van der Waals surface area (Å²) >= 11 is 1.46. The van der Waals surface area contributed by atoms with Crippen molar-refractivity contribution in [3.05, 3.63) is 16.1 Å². The lowest BCUT2D eigenvalue weighted by atomic mass is 9.70. The number of carbonyl (C=O) groups is 2. The SMILES string of the molecule is CC(C)(C)c1nc(C(=O)N2CC3(CCCC3)[C@@H]2C(=O)O)cs1. The second-order valence-corrected chi connectivity index (χ2v) is 8.39. The molecule has 2 fully saturated rings. The molecule has 0 unspecified atom stereocenters. The summed E-state index contributed by atoms with van der Waals surface area (Å²) in [6.45, 7) is 6.72. The molecule has 1 saturated heterocycles. The van der Waals surface area contributed by atoms with Crippen LogP contribution in [0, 0.1) is 5.41 Å². The van der Waals surface area contributed by atoms with Gasteiger partial charge in [-0.3, -0.25) is 4.79 Å². The zero-order chi connectivity index (χ0) is 16.1. The summed E-state index contributed by atoms with van der Waals surface area (Å²) in [4.78, 5) is 30.2. The highest BCUT2D eigenvalue weighted by Gasteiger charge is 2.59. The molecule has 1 aromatic rings. The second kappa shape index (κ2) is 5.05. The topological polar surface area (TPSA) is 70.5 Å². The van der Waals surface area contributed by atoms with Crippen molar-refractivity contribution in [2.45, 2.75) is 57.9 Å². The van der Waals surface area contributed by atoms with Gasteiger partial charge in [-0.05, 0) is 12.8 Å². The van der Waals surface area contributed by atoms with Crippen LogP contribution < -0.4 is 0 Å². The van der Waals surface area contributed by atoms with Gasteiger partial charge in [0.1, 0.15) is 11.7 Å². The summed E-state index contributed by atoms with van der Waals surface area (Å²) in [5, 5.41) is 12.2. The zero-order valence-electron chi connectivity index (χ0n) is 13.3. The molecule has 1 aliphatic heterocycles. The van der Waals surface area contributed by atoms with Crippen LogP contribution in [0.25, 0.3) is 0 Å². The Bertz CT molecular complexity index is 611. The van der Waals surface area contributed by atoms with Crippen molar-refractivity contribution in [2.24, 2.45) is 5.41 Å². The largest absolute Gasteiger partial charge is 0.480 e. The van der Waals surface area contributed by atoms with Crippen molar-refractivity contribution >= 4 is 23.2 Å². The molecule has 1 spiro atoms. The van der Waals surface area contributed by atoms with E-state index >= 15 is 0 Å². The Balaban J connectivity index is 1.81. The fraction of sp³-hybridized carbons (Fsp3) is 0.688. The Kier molecular flexibility index (Phi) is 3.55. The number of aliphatic carboxylic acids is 1. The van der Waals surface area contributed by atoms with E-state index < -0.39 is 12.0 Å². The minimum absolute atomic E-state index is 0.100. The van der Waals surface area contributed by atoms with Crippen LogP contribution in [0.5, 0.6) is 0 Å². The van der Waals surface area contributed by atoms with Crippen molar-refractivity contribution in [1.29, 1.82) is 0 Å². The van der Waals surface area contributed by atoms with Gasteiger partial charge < -0.3 is 10.0 Å². The van der Waals surface area contributed by atoms with Crippen LogP contribution in [0.4, 0.5) is 0 Å². The fourth-order valence-electron chi connectivity index (χ4n) is 3.69. The lowest BCUT2D eigenvalue weighted by molar-refractivity contribution is -0.159. The highest BCUT2D eigenvalue weighted by atomic mass is 32.1. The van der Waals surface area contributed by atoms with Crippen LogP contribution in [0.2, 0.25) is 0 Å². The number of nitrogens with zero attached hydrogens (tertiary/aromatic N) is 2. The second-order valence-electron chi connectivity index (χ2n) is 7.53. The number of carbonyl (C=O) groups excluding carboxylic acids is 1. The number of rotatable bonds is 2. The lowest BCUT2D eigenvalue weighted by Gasteiger charge is -2.53. The average molecular weight is 322 g/mol. The summed E-state index contributed by atoms with van der Waals surface area (Å²) < 4.78 is 0. The normalized spacial score (nSPS) is 23.6. The maximum Gasteiger partial charge on any atom is 0.327 e. The number of hydrogen-bond acceptors (Lipinski definition) is 4. The van der Waals surface area contributed by atoms with Gasteiger partial charge in [0.2, 0.25) is 0 Å². The van der Waals surface area contributed by atoms with Gasteiger partial charge in [0.05, 0.1) is 5.01 Å². The molecule has 2 heterocycles. The molecule has 1 aromatic heterocycles. The number of amides is 1. The first kappa shape index (κ1) is 15.5. The summed E-state index contributed by atoms with van der Waals surface area (Å²) in [7, 11) is 0. The predicted molar refractivity (Wildman–Crippen MR) is 84.2 cm³/mol. The Hall–Kier alpha value is -1.43. The first-order valence-corrected chi connectivity index (χ1v) is 8.62. The molecule has 1 atom stereocenters. The standard InChI is InChI=1S/C16H22N2O3S/c1-15(2,3)14-17-10(8-22-14)12(19)18-9-16(6-4-5-7-16)11(18)13(20)21/h8,11H,4-7,9H2,1-3H3,(H,20,21)/t11-/m0/s1. The van der Waals surface area contributed by atoms with Gasteiger partial charge in [-0.25, -0.2) is 9.78 Å². The van der Waals surface area contributed by atoms with Crippen LogP contribution in [0.15, 0.2) is 5.38 Å². The third-order valence-corrected chi connectivity index (χ3v) is 6.10. The molecule has 3 rings (SSSR count). The molecule has 0 bridgehead atoms. The minimum Gasteiger partial charge on any atom is -0.480 e. The zero-order valence-corrected chi connectivity index (χ0v) is 14.1. The van der Waals surface area contributed by atoms with E-state index in [1.54, 1.807) is 5.38 Å². The van der Waals surface area contributed by atoms with Crippen LogP contribution in [-0.4, -0.2) is 39.5 Å². The molecular weight excluding hydrogens is 300 g/mol. The van der Waals surface area contributed by atoms with Crippen LogP contribution in [-0.2, 0) is 10.2 Å². The molecule has 1 amide bonds. The van der Waals surface area contributed by atoms with Gasteiger partial charge in [0.25, 0.3) is 5.91 Å². The van der Waals surface area contributed by atoms with E-state index in [0.717, 1.165) is 30.7 Å². The van der Waals surface area contributed by atoms with Crippen molar-refractivity contribution < 1.29 is 14.7 Å². The van der Waals surface area contributed by atoms with E-state index in [1.807, 2.05) is 0 Å². The van der Waals surface area contributed by atoms with Crippen molar-refractivity contribution in [1.82, 2.24) is 9.88 Å². The lowest BCUT2D eigenvalue weighted by Crippen LogP contribution is -2.68. The van der Waals surface area contributed by atoms with E-state index in [4.69, 9.17) is 0 Å². The first-order valence-electron chi connectivity index (χ1n) is 7.74. The first-order chi connectivity index (χ1) is 10.2. The molecule has 1 N–H and O–H groups in total. The summed E-state index contributed by atoms with van der Waals surface area (Å²) in [5.74, 6) is -1.12. The third kappa shape index (κ3) is 2.33. The Morgan fingerprint density at radius 2 is 2.00 bits per heavy atom. The number of aromatic nitrogens is 1. The maximum absolute atomic E-state index is 12.6. The molecule has 22 heavy (non-hydrogen) atoms. The van der Waals surface area contributed by atoms with Crippen molar-refractivity contribution in [3.8, 4) is 0 Å². The number of likely N-dealkylation sites (tertiary alicyclic amines) is 1. The summed E-state index contributed by atoms with van der Waals surface area (Å²) in [6.07, 6.45) is 3.96. The van der Waals surface area contributed by atoms with Crippen LogP contribution in [0.1, 0.15) is 62.0 Å². The molecule has 2 aliphatic rings. The maximum atomic E-state index is 12.6. The highest BCUT2D eigenvalue weighted by molar-refractivity contribution is 7.10. The Morgan fingerprint density at radius 1 is 1.36 bits per heavy atom. The minimum atomic E-state index is -0.882. The number of hydrogen-bond donors (Lipinski definition) is 1. The molecule has 0 aromatic carbocycles. The van der Waals surface area contributed by atoms with Gasteiger partial charge >= 0.3 is 5.97 Å². The number of carboxylic acid groups (broad SMARTS) is 1. The molecule has 120 valence electrons. The number of carboxylic acids is 1. The van der Waals surface area contributed by atoms with E-state index in [-0.39, 0.29) is 16.7 Å². The fourth-order valence-corrected chi connectivity index (χ4v) is 4.58. The molecule has 1 saturated carbocycles. The van der Waals surface area contributed by atoms with Crippen LogP contribution in [0.3, 0.4) is 0 Å². The predicted octanol–water partition coefficient (Wildman–Crippen LogP) is 2.91. The van der Waals surface area contributed by atoms with E-state index in [9.17, 15) is 14.7 Å². The number of thiazole rings is 1. The molecule has 5 nitrogen and oxygen atoms in total. The molecule has 6 heteroatoms. The van der Waals surface area contributed by atoms with E-state index in [1.165, 1.54) is 16.2 Å². The molecular formula is C16H22N2O3S. The highest BCUT2D eigenvalue weighted by Crippen LogP contribution is 2.51. The smallest absolute Gasteiger partial charge is 0.327 e. The Morgan fingerprint density at radius 3 is 2.50 bits per heavy atom.